The minimum atomic E-state index is -0.684. The van der Waals surface area contributed by atoms with Crippen LogP contribution in [0.4, 0.5) is 5.88 Å². The van der Waals surface area contributed by atoms with Gasteiger partial charge in [0, 0.05) is 25.5 Å². The van der Waals surface area contributed by atoms with Crippen LogP contribution in [0.3, 0.4) is 0 Å². The molecule has 0 aliphatic carbocycles. The first-order valence-electron chi connectivity index (χ1n) is 7.18. The molecule has 0 aliphatic heterocycles. The molecular formula is C16H14N4O4. The number of benzene rings is 1. The van der Waals surface area contributed by atoms with Gasteiger partial charge in [0.15, 0.2) is 5.76 Å². The highest BCUT2D eigenvalue weighted by Gasteiger charge is 2.16. The summed E-state index contributed by atoms with van der Waals surface area (Å²) < 4.78 is 6.81. The molecule has 0 spiro atoms. The van der Waals surface area contributed by atoms with E-state index >= 15 is 0 Å². The van der Waals surface area contributed by atoms with Crippen LogP contribution in [0, 0.1) is 10.1 Å². The van der Waals surface area contributed by atoms with Crippen molar-refractivity contribution in [1.82, 2.24) is 14.9 Å². The maximum absolute atomic E-state index is 12.0. The Morgan fingerprint density at radius 1 is 1.29 bits per heavy atom. The molecular weight excluding hydrogens is 312 g/mol. The number of carbonyl (C=O) groups is 1. The number of carbonyl (C=O) groups excluding carboxylic acids is 1. The molecule has 0 unspecified atom stereocenters. The van der Waals surface area contributed by atoms with Gasteiger partial charge in [-0.05, 0) is 17.2 Å². The van der Waals surface area contributed by atoms with Crippen molar-refractivity contribution in [3.05, 3.63) is 82.1 Å². The second-order valence-corrected chi connectivity index (χ2v) is 5.13. The summed E-state index contributed by atoms with van der Waals surface area (Å²) in [5.74, 6) is -1.04. The van der Waals surface area contributed by atoms with Crippen LogP contribution in [0.2, 0.25) is 0 Å². The standard InChI is InChI=1S/C16H14N4O4/c21-16(14-4-5-15(24-14)20(22)23)18-9-12-2-1-3-13(8-12)10-19-7-6-17-11-19/h1-8,11H,9-10H2,(H,18,21). The topological polar surface area (TPSA) is 103 Å². The molecule has 2 heterocycles. The number of nitrogens with zero attached hydrogens (tertiary/aromatic N) is 3. The highest BCUT2D eigenvalue weighted by Crippen LogP contribution is 2.15. The third-order valence-corrected chi connectivity index (χ3v) is 3.36. The van der Waals surface area contributed by atoms with E-state index in [0.717, 1.165) is 17.2 Å². The largest absolute Gasteiger partial charge is 0.433 e. The quantitative estimate of drug-likeness (QED) is 0.553. The van der Waals surface area contributed by atoms with Crippen LogP contribution in [0.1, 0.15) is 21.7 Å². The van der Waals surface area contributed by atoms with Crippen LogP contribution in [0.25, 0.3) is 0 Å². The van der Waals surface area contributed by atoms with Crippen molar-refractivity contribution in [2.45, 2.75) is 13.1 Å². The van der Waals surface area contributed by atoms with Gasteiger partial charge in [0.25, 0.3) is 5.91 Å². The van der Waals surface area contributed by atoms with E-state index in [-0.39, 0.29) is 5.76 Å². The number of nitrogens with one attached hydrogen (secondary N) is 1. The Labute approximate surface area is 136 Å². The van der Waals surface area contributed by atoms with Gasteiger partial charge in [-0.1, -0.05) is 24.3 Å². The summed E-state index contributed by atoms with van der Waals surface area (Å²) in [5.41, 5.74) is 2.00. The number of nitro groups is 1. The van der Waals surface area contributed by atoms with Crippen LogP contribution in [0.5, 0.6) is 0 Å². The van der Waals surface area contributed by atoms with Crippen LogP contribution in [-0.4, -0.2) is 20.4 Å². The molecule has 122 valence electrons. The van der Waals surface area contributed by atoms with E-state index in [0.29, 0.717) is 13.1 Å². The number of aromatic nitrogens is 2. The fraction of sp³-hybridized carbons (Fsp3) is 0.125. The molecule has 0 aliphatic rings. The molecule has 8 heteroatoms. The predicted molar refractivity (Wildman–Crippen MR) is 84.3 cm³/mol. The summed E-state index contributed by atoms with van der Waals surface area (Å²) in [7, 11) is 0. The normalized spacial score (nSPS) is 10.5. The zero-order valence-corrected chi connectivity index (χ0v) is 12.6. The van der Waals surface area contributed by atoms with Crippen LogP contribution in [0.15, 0.2) is 59.5 Å². The number of hydrogen-bond acceptors (Lipinski definition) is 5. The van der Waals surface area contributed by atoms with E-state index in [4.69, 9.17) is 4.42 Å². The van der Waals surface area contributed by atoms with E-state index in [1.807, 2.05) is 35.0 Å². The predicted octanol–water partition coefficient (Wildman–Crippen LogP) is 2.36. The SMILES string of the molecule is O=C(NCc1cccc(Cn2ccnc2)c1)c1ccc([N+](=O)[O-])o1. The monoisotopic (exact) mass is 326 g/mol. The van der Waals surface area contributed by atoms with Gasteiger partial charge < -0.3 is 14.3 Å². The van der Waals surface area contributed by atoms with Crippen molar-refractivity contribution < 1.29 is 14.1 Å². The Kier molecular flexibility index (Phi) is 4.37. The molecule has 24 heavy (non-hydrogen) atoms. The first kappa shape index (κ1) is 15.5. The summed E-state index contributed by atoms with van der Waals surface area (Å²) in [6.45, 7) is 0.983. The van der Waals surface area contributed by atoms with Crippen LogP contribution in [-0.2, 0) is 13.1 Å². The van der Waals surface area contributed by atoms with E-state index in [1.54, 1.807) is 12.5 Å². The van der Waals surface area contributed by atoms with E-state index in [9.17, 15) is 14.9 Å². The molecule has 0 saturated carbocycles. The zero-order valence-electron chi connectivity index (χ0n) is 12.6. The third kappa shape index (κ3) is 3.67. The van der Waals surface area contributed by atoms with E-state index in [1.165, 1.54) is 6.07 Å². The van der Waals surface area contributed by atoms with Crippen molar-refractivity contribution in [1.29, 1.82) is 0 Å². The van der Waals surface area contributed by atoms with Crippen LogP contribution < -0.4 is 5.32 Å². The second kappa shape index (κ2) is 6.78. The molecule has 2 aromatic heterocycles. The number of amides is 1. The average Bonchev–Trinajstić information content (AvgIpc) is 3.24. The molecule has 1 amide bonds. The second-order valence-electron chi connectivity index (χ2n) is 5.13. The number of hydrogen-bond donors (Lipinski definition) is 1. The van der Waals surface area contributed by atoms with Gasteiger partial charge in [-0.15, -0.1) is 0 Å². The highest BCUT2D eigenvalue weighted by atomic mass is 16.6. The Hall–Kier alpha value is -3.42. The Balaban J connectivity index is 1.61. The highest BCUT2D eigenvalue weighted by molar-refractivity contribution is 5.91. The summed E-state index contributed by atoms with van der Waals surface area (Å²) >= 11 is 0. The summed E-state index contributed by atoms with van der Waals surface area (Å²) in [4.78, 5) is 25.8. The van der Waals surface area contributed by atoms with Gasteiger partial charge in [0.2, 0.25) is 0 Å². The molecule has 1 N–H and O–H groups in total. The maximum Gasteiger partial charge on any atom is 0.433 e. The zero-order chi connectivity index (χ0) is 16.9. The average molecular weight is 326 g/mol. The lowest BCUT2D eigenvalue weighted by atomic mass is 10.1. The molecule has 3 rings (SSSR count). The number of rotatable bonds is 6. The van der Waals surface area contributed by atoms with Crippen molar-refractivity contribution >= 4 is 11.8 Å². The molecule has 0 fully saturated rings. The van der Waals surface area contributed by atoms with E-state index < -0.39 is 16.7 Å². The first-order valence-corrected chi connectivity index (χ1v) is 7.18. The van der Waals surface area contributed by atoms with Crippen molar-refractivity contribution in [2.24, 2.45) is 0 Å². The summed E-state index contributed by atoms with van der Waals surface area (Å²) in [5, 5.41) is 13.2. The fourth-order valence-corrected chi connectivity index (χ4v) is 2.25. The lowest BCUT2D eigenvalue weighted by Crippen LogP contribution is -2.22. The summed E-state index contributed by atoms with van der Waals surface area (Å²) in [6, 6.07) is 10.2. The minimum Gasteiger partial charge on any atom is -0.395 e. The molecule has 0 bridgehead atoms. The fourth-order valence-electron chi connectivity index (χ4n) is 2.25. The van der Waals surface area contributed by atoms with Crippen molar-refractivity contribution in [3.63, 3.8) is 0 Å². The number of furan rings is 1. The van der Waals surface area contributed by atoms with Gasteiger partial charge in [0.05, 0.1) is 12.4 Å². The molecule has 0 saturated heterocycles. The number of imidazole rings is 1. The Morgan fingerprint density at radius 3 is 2.83 bits per heavy atom. The molecule has 0 radical (unpaired) electrons. The van der Waals surface area contributed by atoms with Gasteiger partial charge in [-0.2, -0.15) is 0 Å². The summed E-state index contributed by atoms with van der Waals surface area (Å²) in [6.07, 6.45) is 5.32. The van der Waals surface area contributed by atoms with Gasteiger partial charge >= 0.3 is 5.88 Å². The lowest BCUT2D eigenvalue weighted by Gasteiger charge is -2.07. The third-order valence-electron chi connectivity index (χ3n) is 3.36. The van der Waals surface area contributed by atoms with Crippen molar-refractivity contribution in [3.8, 4) is 0 Å². The smallest absolute Gasteiger partial charge is 0.395 e. The molecule has 0 atom stereocenters. The first-order chi connectivity index (χ1) is 11.6. The van der Waals surface area contributed by atoms with E-state index in [2.05, 4.69) is 10.3 Å². The Morgan fingerprint density at radius 2 is 2.12 bits per heavy atom. The van der Waals surface area contributed by atoms with Gasteiger partial charge in [-0.3, -0.25) is 14.9 Å². The van der Waals surface area contributed by atoms with Crippen molar-refractivity contribution in [2.75, 3.05) is 0 Å². The van der Waals surface area contributed by atoms with Gasteiger partial charge in [-0.25, -0.2) is 4.98 Å². The molecule has 1 aromatic carbocycles. The molecule has 8 nitrogen and oxygen atoms in total. The minimum absolute atomic E-state index is 0.0868. The van der Waals surface area contributed by atoms with Gasteiger partial charge in [0.1, 0.15) is 4.92 Å². The molecule has 3 aromatic rings. The lowest BCUT2D eigenvalue weighted by molar-refractivity contribution is -0.402. The Bertz CT molecular complexity index is 855. The maximum atomic E-state index is 12.0. The van der Waals surface area contributed by atoms with Crippen LogP contribution >= 0.6 is 0 Å².